The smallest absolute Gasteiger partial charge is 0.268 e. The maximum Gasteiger partial charge on any atom is 0.278 e. The fourth-order valence-corrected chi connectivity index (χ4v) is 1.93. The molecule has 6 heteroatoms. The topological polar surface area (TPSA) is 44.0 Å². The average molecular weight is 271 g/mol. The van der Waals surface area contributed by atoms with Crippen molar-refractivity contribution >= 4 is 29.1 Å². The Labute approximate surface area is 107 Å². The standard InChI is InChI=1S/C11H8Cl2N2O2/c1-14-10(16)4-5-15(14)11(17)8-3-2-7(12)6-9(8)13/h2-6H,1H3. The molecule has 0 fully saturated rings. The van der Waals surface area contributed by atoms with Gasteiger partial charge in [0.2, 0.25) is 0 Å². The van der Waals surface area contributed by atoms with E-state index in [-0.39, 0.29) is 16.5 Å². The van der Waals surface area contributed by atoms with Crippen molar-refractivity contribution in [1.82, 2.24) is 9.36 Å². The van der Waals surface area contributed by atoms with Crippen LogP contribution in [0.25, 0.3) is 0 Å². The van der Waals surface area contributed by atoms with Crippen LogP contribution in [-0.4, -0.2) is 15.3 Å². The minimum absolute atomic E-state index is 0.253. The van der Waals surface area contributed by atoms with Crippen LogP contribution >= 0.6 is 23.2 Å². The molecule has 0 amide bonds. The second kappa shape index (κ2) is 4.39. The van der Waals surface area contributed by atoms with Gasteiger partial charge in [-0.2, -0.15) is 0 Å². The number of nitrogens with zero attached hydrogens (tertiary/aromatic N) is 2. The monoisotopic (exact) mass is 270 g/mol. The van der Waals surface area contributed by atoms with E-state index < -0.39 is 0 Å². The van der Waals surface area contributed by atoms with E-state index in [0.717, 1.165) is 0 Å². The van der Waals surface area contributed by atoms with E-state index >= 15 is 0 Å². The summed E-state index contributed by atoms with van der Waals surface area (Å²) >= 11 is 11.7. The van der Waals surface area contributed by atoms with Crippen molar-refractivity contribution in [2.24, 2.45) is 7.05 Å². The first kappa shape index (κ1) is 12.0. The third kappa shape index (κ3) is 2.14. The Morgan fingerprint density at radius 1 is 1.24 bits per heavy atom. The van der Waals surface area contributed by atoms with Crippen LogP contribution < -0.4 is 5.56 Å². The number of carbonyl (C=O) groups is 1. The number of rotatable bonds is 1. The SMILES string of the molecule is Cn1c(=O)ccn1C(=O)c1ccc(Cl)cc1Cl. The third-order valence-electron chi connectivity index (χ3n) is 2.37. The van der Waals surface area contributed by atoms with Crippen LogP contribution in [0.5, 0.6) is 0 Å². The van der Waals surface area contributed by atoms with Crippen molar-refractivity contribution in [2.75, 3.05) is 0 Å². The van der Waals surface area contributed by atoms with E-state index in [2.05, 4.69) is 0 Å². The molecule has 0 aliphatic rings. The molecule has 0 N–H and O–H groups in total. The van der Waals surface area contributed by atoms with Crippen LogP contribution in [0.15, 0.2) is 35.3 Å². The fourth-order valence-electron chi connectivity index (χ4n) is 1.44. The highest BCUT2D eigenvalue weighted by Crippen LogP contribution is 2.21. The highest BCUT2D eigenvalue weighted by atomic mass is 35.5. The van der Waals surface area contributed by atoms with E-state index in [0.29, 0.717) is 10.6 Å². The number of halogens is 2. The molecule has 0 bridgehead atoms. The highest BCUT2D eigenvalue weighted by Gasteiger charge is 2.14. The molecular formula is C11H8Cl2N2O2. The zero-order valence-electron chi connectivity index (χ0n) is 8.85. The minimum Gasteiger partial charge on any atom is -0.268 e. The molecule has 4 nitrogen and oxygen atoms in total. The van der Waals surface area contributed by atoms with Gasteiger partial charge in [0.25, 0.3) is 11.5 Å². The summed E-state index contributed by atoms with van der Waals surface area (Å²) in [6.07, 6.45) is 1.40. The quantitative estimate of drug-likeness (QED) is 0.797. The van der Waals surface area contributed by atoms with Gasteiger partial charge >= 0.3 is 0 Å². The van der Waals surface area contributed by atoms with Gasteiger partial charge in [0, 0.05) is 24.3 Å². The molecule has 17 heavy (non-hydrogen) atoms. The van der Waals surface area contributed by atoms with Crippen LogP contribution in [-0.2, 0) is 7.05 Å². The lowest BCUT2D eigenvalue weighted by molar-refractivity contribution is 0.0930. The van der Waals surface area contributed by atoms with Gasteiger partial charge in [-0.3, -0.25) is 9.59 Å². The Morgan fingerprint density at radius 2 is 1.94 bits per heavy atom. The summed E-state index contributed by atoms with van der Waals surface area (Å²) in [6.45, 7) is 0. The molecule has 1 heterocycles. The lowest BCUT2D eigenvalue weighted by atomic mass is 10.2. The normalized spacial score (nSPS) is 10.5. The third-order valence-corrected chi connectivity index (χ3v) is 2.92. The van der Waals surface area contributed by atoms with Crippen molar-refractivity contribution in [3.05, 3.63) is 56.4 Å². The van der Waals surface area contributed by atoms with E-state index in [1.54, 1.807) is 6.07 Å². The van der Waals surface area contributed by atoms with E-state index in [9.17, 15) is 9.59 Å². The molecule has 2 aromatic rings. The van der Waals surface area contributed by atoms with Gasteiger partial charge in [0.15, 0.2) is 0 Å². The molecule has 0 atom stereocenters. The van der Waals surface area contributed by atoms with Crippen molar-refractivity contribution in [2.45, 2.75) is 0 Å². The maximum atomic E-state index is 12.1. The molecule has 0 unspecified atom stereocenters. The summed E-state index contributed by atoms with van der Waals surface area (Å²) in [5.41, 5.74) is 0.0331. The Bertz CT molecular complexity index is 643. The molecule has 0 radical (unpaired) electrons. The van der Waals surface area contributed by atoms with E-state index in [1.807, 2.05) is 0 Å². The summed E-state index contributed by atoms with van der Waals surface area (Å²) < 4.78 is 2.39. The van der Waals surface area contributed by atoms with E-state index in [1.165, 1.54) is 40.8 Å². The molecule has 2 rings (SSSR count). The van der Waals surface area contributed by atoms with Crippen LogP contribution in [0.2, 0.25) is 10.0 Å². The Kier molecular flexibility index (Phi) is 3.09. The minimum atomic E-state index is -0.378. The molecule has 0 saturated carbocycles. The molecule has 0 spiro atoms. The summed E-state index contributed by atoms with van der Waals surface area (Å²) in [7, 11) is 1.50. The summed E-state index contributed by atoms with van der Waals surface area (Å²) in [5, 5.41) is 0.705. The second-order valence-electron chi connectivity index (χ2n) is 3.45. The Hall–Kier alpha value is -1.52. The van der Waals surface area contributed by atoms with Crippen LogP contribution in [0.4, 0.5) is 0 Å². The molecule has 0 saturated heterocycles. The fraction of sp³-hybridized carbons (Fsp3) is 0.0909. The largest absolute Gasteiger partial charge is 0.278 e. The Balaban J connectivity index is 2.51. The van der Waals surface area contributed by atoms with Crippen molar-refractivity contribution < 1.29 is 4.79 Å². The zero-order valence-corrected chi connectivity index (χ0v) is 10.4. The van der Waals surface area contributed by atoms with Crippen molar-refractivity contribution in [3.63, 3.8) is 0 Å². The lowest BCUT2D eigenvalue weighted by Crippen LogP contribution is -2.24. The average Bonchev–Trinajstić information content (AvgIpc) is 2.59. The van der Waals surface area contributed by atoms with Crippen molar-refractivity contribution in [1.29, 1.82) is 0 Å². The molecule has 1 aromatic heterocycles. The predicted octanol–water partition coefficient (Wildman–Crippen LogP) is 2.18. The molecule has 88 valence electrons. The highest BCUT2D eigenvalue weighted by molar-refractivity contribution is 6.36. The number of hydrogen-bond donors (Lipinski definition) is 0. The van der Waals surface area contributed by atoms with Crippen LogP contribution in [0.3, 0.4) is 0 Å². The van der Waals surface area contributed by atoms with Crippen molar-refractivity contribution in [3.8, 4) is 0 Å². The number of hydrogen-bond acceptors (Lipinski definition) is 2. The number of carbonyl (C=O) groups excluding carboxylic acids is 1. The molecule has 0 aliphatic heterocycles. The van der Waals surface area contributed by atoms with Gasteiger partial charge in [0.05, 0.1) is 10.6 Å². The Morgan fingerprint density at radius 3 is 2.47 bits per heavy atom. The first-order chi connectivity index (χ1) is 8.00. The second-order valence-corrected chi connectivity index (χ2v) is 4.30. The van der Waals surface area contributed by atoms with Crippen LogP contribution in [0, 0.1) is 0 Å². The van der Waals surface area contributed by atoms with Gasteiger partial charge in [-0.05, 0) is 18.2 Å². The molecular weight excluding hydrogens is 263 g/mol. The first-order valence-corrected chi connectivity index (χ1v) is 5.50. The van der Waals surface area contributed by atoms with Gasteiger partial charge in [-0.1, -0.05) is 23.2 Å². The zero-order chi connectivity index (χ0) is 12.6. The van der Waals surface area contributed by atoms with E-state index in [4.69, 9.17) is 23.2 Å². The van der Waals surface area contributed by atoms with Crippen LogP contribution in [0.1, 0.15) is 10.4 Å². The van der Waals surface area contributed by atoms with Gasteiger partial charge in [0.1, 0.15) is 0 Å². The number of aromatic nitrogens is 2. The molecule has 1 aromatic carbocycles. The summed E-state index contributed by atoms with van der Waals surface area (Å²) in [4.78, 5) is 23.3. The number of benzene rings is 1. The maximum absolute atomic E-state index is 12.1. The predicted molar refractivity (Wildman–Crippen MR) is 65.9 cm³/mol. The summed E-state index contributed by atoms with van der Waals surface area (Å²) in [5.74, 6) is -0.378. The lowest BCUT2D eigenvalue weighted by Gasteiger charge is -2.07. The first-order valence-electron chi connectivity index (χ1n) is 4.75. The van der Waals surface area contributed by atoms with Gasteiger partial charge in [-0.15, -0.1) is 0 Å². The van der Waals surface area contributed by atoms with Gasteiger partial charge in [-0.25, -0.2) is 9.36 Å². The molecule has 0 aliphatic carbocycles. The van der Waals surface area contributed by atoms with Gasteiger partial charge < -0.3 is 0 Å². The summed E-state index contributed by atoms with van der Waals surface area (Å²) in [6, 6.07) is 5.89.